The van der Waals surface area contributed by atoms with E-state index in [-0.39, 0.29) is 48.1 Å². The number of benzene rings is 2. The minimum atomic E-state index is -5.18. The van der Waals surface area contributed by atoms with Gasteiger partial charge in [0.1, 0.15) is 18.0 Å². The van der Waals surface area contributed by atoms with Crippen LogP contribution in [0.25, 0.3) is 0 Å². The lowest BCUT2D eigenvalue weighted by molar-refractivity contribution is -0.170. The molecule has 210 valence electrons. The molecule has 0 fully saturated rings. The maximum absolute atomic E-state index is 13.4. The molecule has 0 radical (unpaired) electrons. The molecule has 2 heterocycles. The molecule has 0 aliphatic carbocycles. The number of ketones is 1. The van der Waals surface area contributed by atoms with Gasteiger partial charge in [-0.05, 0) is 48.4 Å². The Morgan fingerprint density at radius 2 is 1.77 bits per heavy atom. The minimum Gasteiger partial charge on any atom is -0.508 e. The van der Waals surface area contributed by atoms with Crippen LogP contribution in [0.2, 0.25) is 0 Å². The summed E-state index contributed by atoms with van der Waals surface area (Å²) < 4.78 is 40.3. The van der Waals surface area contributed by atoms with Gasteiger partial charge in [0.05, 0.1) is 24.7 Å². The molecule has 2 aliphatic rings. The van der Waals surface area contributed by atoms with Crippen molar-refractivity contribution in [2.45, 2.75) is 31.2 Å². The van der Waals surface area contributed by atoms with Gasteiger partial charge in [-0.2, -0.15) is 13.2 Å². The van der Waals surface area contributed by atoms with Crippen molar-refractivity contribution in [2.75, 3.05) is 18.0 Å². The first-order valence-electron chi connectivity index (χ1n) is 12.1. The van der Waals surface area contributed by atoms with Gasteiger partial charge in [0.15, 0.2) is 11.7 Å². The second-order valence-electron chi connectivity index (χ2n) is 9.25. The lowest BCUT2D eigenvalue weighted by atomic mass is 9.92. The summed E-state index contributed by atoms with van der Waals surface area (Å²) >= 11 is 0. The summed E-state index contributed by atoms with van der Waals surface area (Å²) in [6.07, 6.45) is -4.76. The molecule has 11 nitrogen and oxygen atoms in total. The number of carboxylic acid groups (broad SMARTS) is 1. The standard InChI is InChI=1S/C26H25F3N6O5/c27-26(28,29)24(40)35(13-17-11-31-22-20(33-17)12-32-25(30)34-22)18-5-3-15(4-6-18)21(37)10-16(23(38)39)9-14-1-7-19(36)8-2-14/h1-8,11,16,20,22,36H,9-10,12-13H2,(H,38,39)(H3,30,32,34). The number of fused-ring (bicyclic) bond motifs is 1. The number of nitrogens with one attached hydrogen (secondary N) is 1. The van der Waals surface area contributed by atoms with Crippen molar-refractivity contribution in [3.8, 4) is 5.75 Å². The van der Waals surface area contributed by atoms with Crippen LogP contribution in [0.1, 0.15) is 22.3 Å². The van der Waals surface area contributed by atoms with Gasteiger partial charge in [-0.1, -0.05) is 12.1 Å². The number of carbonyl (C=O) groups is 3. The molecule has 2 aromatic carbocycles. The molecule has 0 saturated heterocycles. The number of Topliss-reactive ketones (excluding diaryl/α,β-unsaturated/α-hetero) is 1. The van der Waals surface area contributed by atoms with Crippen LogP contribution in [0.5, 0.6) is 5.75 Å². The molecule has 3 unspecified atom stereocenters. The maximum Gasteiger partial charge on any atom is 0.471 e. The van der Waals surface area contributed by atoms with Gasteiger partial charge in [0.2, 0.25) is 0 Å². The molecule has 14 heteroatoms. The Balaban J connectivity index is 1.50. The third-order valence-electron chi connectivity index (χ3n) is 6.33. The average molecular weight is 559 g/mol. The fraction of sp³-hybridized carbons (Fsp3) is 0.308. The van der Waals surface area contributed by atoms with Crippen molar-refractivity contribution >= 4 is 41.2 Å². The number of amides is 1. The highest BCUT2D eigenvalue weighted by Gasteiger charge is 2.43. The summed E-state index contributed by atoms with van der Waals surface area (Å²) in [6.45, 7) is -0.357. The topological polar surface area (TPSA) is 170 Å². The van der Waals surface area contributed by atoms with E-state index in [1.54, 1.807) is 12.1 Å². The lowest BCUT2D eigenvalue weighted by Crippen LogP contribution is -2.52. The van der Waals surface area contributed by atoms with E-state index in [0.29, 0.717) is 10.5 Å². The lowest BCUT2D eigenvalue weighted by Gasteiger charge is -2.30. The molecule has 0 saturated carbocycles. The fourth-order valence-corrected chi connectivity index (χ4v) is 4.26. The number of phenolic OH excluding ortho intramolecular Hbond substituents is 1. The number of alkyl halides is 3. The van der Waals surface area contributed by atoms with E-state index in [4.69, 9.17) is 5.73 Å². The molecule has 0 aromatic heterocycles. The average Bonchev–Trinajstić information content (AvgIpc) is 2.91. The summed E-state index contributed by atoms with van der Waals surface area (Å²) in [7, 11) is 0. The highest BCUT2D eigenvalue weighted by atomic mass is 19.4. The summed E-state index contributed by atoms with van der Waals surface area (Å²) in [5, 5.41) is 21.8. The molecule has 4 rings (SSSR count). The number of guanidine groups is 1. The number of hydrogen-bond acceptors (Lipinski definition) is 9. The van der Waals surface area contributed by atoms with Crippen LogP contribution in [-0.2, 0) is 16.0 Å². The van der Waals surface area contributed by atoms with Gasteiger partial charge in [0.25, 0.3) is 0 Å². The molecule has 0 bridgehead atoms. The van der Waals surface area contributed by atoms with E-state index in [1.807, 2.05) is 0 Å². The second kappa shape index (κ2) is 11.6. The van der Waals surface area contributed by atoms with Crippen LogP contribution in [0, 0.1) is 5.92 Å². The van der Waals surface area contributed by atoms with Crippen molar-refractivity contribution in [1.29, 1.82) is 0 Å². The fourth-order valence-electron chi connectivity index (χ4n) is 4.26. The Hall–Kier alpha value is -4.75. The smallest absolute Gasteiger partial charge is 0.471 e. The summed E-state index contributed by atoms with van der Waals surface area (Å²) in [6, 6.07) is 10.2. The number of aliphatic imine (C=N–C) groups is 3. The van der Waals surface area contributed by atoms with Gasteiger partial charge in [-0.15, -0.1) is 0 Å². The molecule has 1 amide bonds. The molecular weight excluding hydrogens is 533 g/mol. The number of hydrogen-bond donors (Lipinski definition) is 4. The van der Waals surface area contributed by atoms with Crippen molar-refractivity contribution in [2.24, 2.45) is 26.6 Å². The number of nitrogens with two attached hydrogens (primary N) is 1. The Morgan fingerprint density at radius 1 is 1.10 bits per heavy atom. The van der Waals surface area contributed by atoms with E-state index in [1.165, 1.54) is 42.6 Å². The zero-order valence-corrected chi connectivity index (χ0v) is 20.9. The van der Waals surface area contributed by atoms with E-state index in [9.17, 15) is 37.8 Å². The van der Waals surface area contributed by atoms with E-state index < -0.39 is 48.5 Å². The van der Waals surface area contributed by atoms with Crippen LogP contribution in [-0.4, -0.2) is 77.2 Å². The van der Waals surface area contributed by atoms with Crippen LogP contribution in [0.15, 0.2) is 63.5 Å². The molecule has 40 heavy (non-hydrogen) atoms. The molecule has 2 aliphatic heterocycles. The van der Waals surface area contributed by atoms with Gasteiger partial charge in [-0.25, -0.2) is 0 Å². The third kappa shape index (κ3) is 6.81. The number of rotatable bonds is 9. The maximum atomic E-state index is 13.4. The van der Waals surface area contributed by atoms with Crippen molar-refractivity contribution < 1.29 is 37.8 Å². The number of nitrogens with zero attached hydrogens (tertiary/aromatic N) is 4. The Bertz CT molecular complexity index is 1370. The summed E-state index contributed by atoms with van der Waals surface area (Å²) in [4.78, 5) is 49.9. The number of halogens is 3. The quantitative estimate of drug-likeness (QED) is 0.341. The number of aromatic hydroxyl groups is 1. The predicted octanol–water partition coefficient (Wildman–Crippen LogP) is 1.94. The van der Waals surface area contributed by atoms with Crippen LogP contribution < -0.4 is 16.0 Å². The minimum absolute atomic E-state index is 0.0159. The first kappa shape index (κ1) is 28.3. The zero-order valence-electron chi connectivity index (χ0n) is 20.9. The molecule has 5 N–H and O–H groups in total. The SMILES string of the molecule is NC1=NCC2N=C(CN(C(=O)C(F)(F)F)c3ccc(C(=O)CC(Cc4ccc(O)cc4)C(=O)O)cc3)C=NC2N1. The number of carboxylic acids is 1. The first-order chi connectivity index (χ1) is 18.9. The normalized spacial score (nSPS) is 19.0. The Labute approximate surface area is 225 Å². The first-order valence-corrected chi connectivity index (χ1v) is 12.1. The van der Waals surface area contributed by atoms with Crippen molar-refractivity contribution in [3.05, 3.63) is 59.7 Å². The van der Waals surface area contributed by atoms with Gasteiger partial charge in [0, 0.05) is 23.9 Å². The van der Waals surface area contributed by atoms with E-state index >= 15 is 0 Å². The second-order valence-corrected chi connectivity index (χ2v) is 9.25. The van der Waals surface area contributed by atoms with Crippen LogP contribution in [0.3, 0.4) is 0 Å². The van der Waals surface area contributed by atoms with Gasteiger partial charge in [-0.3, -0.25) is 34.3 Å². The predicted molar refractivity (Wildman–Crippen MR) is 140 cm³/mol. The number of phenols is 1. The zero-order chi connectivity index (χ0) is 29.0. The number of anilines is 1. The third-order valence-corrected chi connectivity index (χ3v) is 6.33. The number of aliphatic carboxylic acids is 1. The highest BCUT2D eigenvalue weighted by Crippen LogP contribution is 2.26. The summed E-state index contributed by atoms with van der Waals surface area (Å²) in [5.74, 6) is -4.74. The van der Waals surface area contributed by atoms with Crippen molar-refractivity contribution in [3.63, 3.8) is 0 Å². The van der Waals surface area contributed by atoms with E-state index in [0.717, 1.165) is 0 Å². The largest absolute Gasteiger partial charge is 0.508 e. The van der Waals surface area contributed by atoms with Crippen molar-refractivity contribution in [1.82, 2.24) is 5.32 Å². The molecular formula is C26H25F3N6O5. The molecule has 2 aromatic rings. The van der Waals surface area contributed by atoms with Gasteiger partial charge >= 0.3 is 18.1 Å². The van der Waals surface area contributed by atoms with Crippen LogP contribution >= 0.6 is 0 Å². The van der Waals surface area contributed by atoms with Gasteiger partial charge < -0.3 is 21.3 Å². The Kier molecular flexibility index (Phi) is 8.16. The molecule has 3 atom stereocenters. The van der Waals surface area contributed by atoms with Crippen LogP contribution in [0.4, 0.5) is 18.9 Å². The Morgan fingerprint density at radius 3 is 2.40 bits per heavy atom. The van der Waals surface area contributed by atoms with E-state index in [2.05, 4.69) is 20.3 Å². The highest BCUT2D eigenvalue weighted by molar-refractivity contribution is 6.33. The molecule has 0 spiro atoms. The summed E-state index contributed by atoms with van der Waals surface area (Å²) in [5.41, 5.74) is 6.27. The monoisotopic (exact) mass is 558 g/mol. The number of carbonyl (C=O) groups excluding carboxylic acids is 2.